The van der Waals surface area contributed by atoms with Crippen molar-refractivity contribution in [2.24, 2.45) is 0 Å². The lowest BCUT2D eigenvalue weighted by molar-refractivity contribution is 0.777. The van der Waals surface area contributed by atoms with Crippen LogP contribution < -0.4 is 0 Å². The Balaban J connectivity index is 1.49. The molecule has 5 nitrogen and oxygen atoms in total. The van der Waals surface area contributed by atoms with E-state index in [4.69, 9.17) is 0 Å². The van der Waals surface area contributed by atoms with Gasteiger partial charge in [-0.05, 0) is 22.6 Å². The number of benzene rings is 2. The lowest BCUT2D eigenvalue weighted by Crippen LogP contribution is -2.01. The third kappa shape index (κ3) is 3.22. The highest BCUT2D eigenvalue weighted by Gasteiger charge is 2.11. The summed E-state index contributed by atoms with van der Waals surface area (Å²) in [7, 11) is 0. The molecule has 0 amide bonds. The van der Waals surface area contributed by atoms with Crippen LogP contribution in [0.3, 0.4) is 0 Å². The van der Waals surface area contributed by atoms with Crippen LogP contribution in [-0.2, 0) is 5.75 Å². The zero-order valence-electron chi connectivity index (χ0n) is 12.6. The predicted octanol–water partition coefficient (Wildman–Crippen LogP) is 4.08. The van der Waals surface area contributed by atoms with Gasteiger partial charge >= 0.3 is 0 Å². The summed E-state index contributed by atoms with van der Waals surface area (Å²) in [6, 6.07) is 20.1. The second-order valence-electron chi connectivity index (χ2n) is 5.00. The van der Waals surface area contributed by atoms with Gasteiger partial charge in [-0.15, -0.1) is 16.4 Å². The molecule has 0 aliphatic carbocycles. The first-order valence-corrected chi connectivity index (χ1v) is 9.23. The Morgan fingerprint density at radius 2 is 1.71 bits per heavy atom. The molecule has 0 aliphatic rings. The van der Waals surface area contributed by atoms with Crippen molar-refractivity contribution < 1.29 is 0 Å². The van der Waals surface area contributed by atoms with Crippen LogP contribution in [0.2, 0.25) is 0 Å². The molecule has 4 aromatic rings. The van der Waals surface area contributed by atoms with Gasteiger partial charge in [0.05, 0.1) is 17.1 Å². The number of thioether (sulfide) groups is 1. The molecular weight excluding hydrogens is 338 g/mol. The van der Waals surface area contributed by atoms with Crippen molar-refractivity contribution in [3.05, 3.63) is 71.9 Å². The van der Waals surface area contributed by atoms with Crippen molar-refractivity contribution in [2.45, 2.75) is 10.1 Å². The van der Waals surface area contributed by atoms with E-state index in [9.17, 15) is 0 Å². The third-order valence-electron chi connectivity index (χ3n) is 3.41. The summed E-state index contributed by atoms with van der Waals surface area (Å²) in [4.78, 5) is 4.69. The van der Waals surface area contributed by atoms with Gasteiger partial charge in [0, 0.05) is 10.9 Å². The molecule has 0 saturated heterocycles. The van der Waals surface area contributed by atoms with Crippen LogP contribution in [0.4, 0.5) is 0 Å². The molecule has 0 atom stereocenters. The van der Waals surface area contributed by atoms with Crippen LogP contribution in [0.5, 0.6) is 0 Å². The van der Waals surface area contributed by atoms with Gasteiger partial charge in [-0.25, -0.2) is 4.98 Å². The number of thiazole rings is 1. The molecular formula is C17H13N5S2. The van der Waals surface area contributed by atoms with E-state index in [0.29, 0.717) is 5.75 Å². The summed E-state index contributed by atoms with van der Waals surface area (Å²) >= 11 is 3.29. The van der Waals surface area contributed by atoms with Gasteiger partial charge in [0.2, 0.25) is 0 Å². The van der Waals surface area contributed by atoms with Gasteiger partial charge in [-0.2, -0.15) is 4.68 Å². The molecule has 7 heteroatoms. The first-order chi connectivity index (χ1) is 11.9. The fourth-order valence-corrected chi connectivity index (χ4v) is 4.00. The fourth-order valence-electron chi connectivity index (χ4n) is 2.26. The number of nitrogens with zero attached hydrogens (tertiary/aromatic N) is 5. The predicted molar refractivity (Wildman–Crippen MR) is 96.3 cm³/mol. The smallest absolute Gasteiger partial charge is 0.167 e. The normalized spacial score (nSPS) is 10.8. The Morgan fingerprint density at radius 3 is 2.50 bits per heavy atom. The third-order valence-corrected chi connectivity index (χ3v) is 5.43. The highest BCUT2D eigenvalue weighted by Crippen LogP contribution is 2.30. The Kier molecular flexibility index (Phi) is 4.35. The van der Waals surface area contributed by atoms with E-state index < -0.39 is 0 Å². The van der Waals surface area contributed by atoms with Crippen LogP contribution in [-0.4, -0.2) is 25.2 Å². The summed E-state index contributed by atoms with van der Waals surface area (Å²) in [5.74, 6) is 1.48. The maximum absolute atomic E-state index is 4.69. The van der Waals surface area contributed by atoms with Gasteiger partial charge in [0.25, 0.3) is 0 Å². The topological polar surface area (TPSA) is 56.5 Å². The van der Waals surface area contributed by atoms with Crippen molar-refractivity contribution in [1.29, 1.82) is 0 Å². The van der Waals surface area contributed by atoms with Crippen molar-refractivity contribution >= 4 is 23.1 Å². The minimum Gasteiger partial charge on any atom is -0.230 e. The molecule has 0 unspecified atom stereocenters. The van der Waals surface area contributed by atoms with E-state index in [1.54, 1.807) is 27.8 Å². The molecule has 2 aromatic carbocycles. The molecule has 2 heterocycles. The molecule has 0 spiro atoms. The van der Waals surface area contributed by atoms with E-state index in [1.807, 2.05) is 48.5 Å². The van der Waals surface area contributed by atoms with Crippen LogP contribution in [0.25, 0.3) is 16.9 Å². The first-order valence-electron chi connectivity index (χ1n) is 7.36. The minimum atomic E-state index is 0.670. The molecule has 0 aliphatic heterocycles. The summed E-state index contributed by atoms with van der Waals surface area (Å²) in [5, 5.41) is 14.1. The molecule has 24 heavy (non-hydrogen) atoms. The number of rotatable bonds is 5. The van der Waals surface area contributed by atoms with Gasteiger partial charge in [-0.3, -0.25) is 0 Å². The maximum Gasteiger partial charge on any atom is 0.167 e. The van der Waals surface area contributed by atoms with Crippen molar-refractivity contribution in [1.82, 2.24) is 25.2 Å². The number of hydrogen-bond acceptors (Lipinski definition) is 6. The molecule has 0 saturated carbocycles. The Morgan fingerprint density at radius 1 is 0.958 bits per heavy atom. The average molecular weight is 351 g/mol. The van der Waals surface area contributed by atoms with Crippen molar-refractivity contribution in [3.8, 4) is 16.9 Å². The summed E-state index contributed by atoms with van der Waals surface area (Å²) in [6.45, 7) is 0. The van der Waals surface area contributed by atoms with Gasteiger partial charge < -0.3 is 0 Å². The molecule has 4 rings (SSSR count). The molecule has 0 radical (unpaired) electrons. The van der Waals surface area contributed by atoms with Crippen LogP contribution in [0.1, 0.15) is 5.82 Å². The van der Waals surface area contributed by atoms with Gasteiger partial charge in [-0.1, -0.05) is 60.3 Å². The van der Waals surface area contributed by atoms with Crippen LogP contribution >= 0.6 is 23.1 Å². The fraction of sp³-hybridized carbons (Fsp3) is 0.0588. The average Bonchev–Trinajstić information content (AvgIpc) is 3.31. The van der Waals surface area contributed by atoms with Crippen LogP contribution in [0.15, 0.2) is 70.4 Å². The second kappa shape index (κ2) is 6.94. The zero-order chi connectivity index (χ0) is 16.2. The van der Waals surface area contributed by atoms with Crippen molar-refractivity contribution in [2.75, 3.05) is 0 Å². The number of aromatic nitrogens is 5. The molecule has 0 bridgehead atoms. The maximum atomic E-state index is 4.69. The number of tetrazole rings is 1. The Labute approximate surface area is 147 Å². The van der Waals surface area contributed by atoms with E-state index in [2.05, 4.69) is 38.0 Å². The Bertz CT molecular complexity index is 918. The second-order valence-corrected chi connectivity index (χ2v) is 7.08. The molecule has 118 valence electrons. The lowest BCUT2D eigenvalue weighted by Gasteiger charge is -2.02. The van der Waals surface area contributed by atoms with Gasteiger partial charge in [0.1, 0.15) is 0 Å². The number of hydrogen-bond donors (Lipinski definition) is 0. The quantitative estimate of drug-likeness (QED) is 0.507. The van der Waals surface area contributed by atoms with Crippen LogP contribution in [0, 0.1) is 0 Å². The summed E-state index contributed by atoms with van der Waals surface area (Å²) < 4.78 is 2.77. The highest BCUT2D eigenvalue weighted by atomic mass is 32.2. The van der Waals surface area contributed by atoms with E-state index >= 15 is 0 Å². The van der Waals surface area contributed by atoms with E-state index in [1.165, 1.54) is 0 Å². The molecule has 2 aromatic heterocycles. The molecule has 0 fully saturated rings. The summed E-state index contributed by atoms with van der Waals surface area (Å²) in [5.41, 5.74) is 3.10. The molecule has 0 N–H and O–H groups in total. The first kappa shape index (κ1) is 15.0. The minimum absolute atomic E-state index is 0.670. The standard InChI is InChI=1S/C17H13N5S2/c1-3-7-13(8-4-1)15-11-23-17(18-15)24-12-16-19-20-21-22(16)14-9-5-2-6-10-14/h1-11H,12H2. The van der Waals surface area contributed by atoms with Crippen molar-refractivity contribution in [3.63, 3.8) is 0 Å². The van der Waals surface area contributed by atoms with E-state index in [-0.39, 0.29) is 0 Å². The monoisotopic (exact) mass is 351 g/mol. The lowest BCUT2D eigenvalue weighted by atomic mass is 10.2. The highest BCUT2D eigenvalue weighted by molar-refractivity contribution is 8.00. The SMILES string of the molecule is c1ccc(-c2csc(SCc3nnnn3-c3ccccc3)n2)cc1. The number of para-hydroxylation sites is 1. The Hall–Kier alpha value is -2.51. The summed E-state index contributed by atoms with van der Waals surface area (Å²) in [6.07, 6.45) is 0. The van der Waals surface area contributed by atoms with Gasteiger partial charge in [0.15, 0.2) is 10.2 Å². The zero-order valence-corrected chi connectivity index (χ0v) is 14.2. The largest absolute Gasteiger partial charge is 0.230 e. The van der Waals surface area contributed by atoms with E-state index in [0.717, 1.165) is 27.1 Å².